The average Bonchev–Trinajstić information content (AvgIpc) is 2.42. The van der Waals surface area contributed by atoms with Gasteiger partial charge in [-0.15, -0.1) is 0 Å². The van der Waals surface area contributed by atoms with Crippen molar-refractivity contribution in [1.29, 1.82) is 0 Å². The molecule has 0 bridgehead atoms. The summed E-state index contributed by atoms with van der Waals surface area (Å²) >= 11 is 0. The zero-order chi connectivity index (χ0) is 18.0. The van der Waals surface area contributed by atoms with E-state index < -0.39 is 23.4 Å². The maximum Gasteiger partial charge on any atom is 0.305 e. The van der Waals surface area contributed by atoms with Gasteiger partial charge >= 0.3 is 17.9 Å². The average molecular weight is 345 g/mol. The van der Waals surface area contributed by atoms with E-state index in [4.69, 9.17) is 15.3 Å². The van der Waals surface area contributed by atoms with E-state index in [1.165, 1.54) is 0 Å². The first-order valence-corrected chi connectivity index (χ1v) is 8.23. The minimum atomic E-state index is -1.13. The summed E-state index contributed by atoms with van der Waals surface area (Å²) in [6.45, 7) is 0.614. The van der Waals surface area contributed by atoms with E-state index in [0.717, 1.165) is 19.3 Å². The first-order valence-electron chi connectivity index (χ1n) is 8.23. The molecule has 9 nitrogen and oxygen atoms in total. The molecule has 0 amide bonds. The molecule has 1 fully saturated rings. The summed E-state index contributed by atoms with van der Waals surface area (Å²) < 4.78 is 0. The predicted molar refractivity (Wildman–Crippen MR) is 85.0 cm³/mol. The minimum absolute atomic E-state index is 0.0299. The quantitative estimate of drug-likeness (QED) is 0.409. The second kappa shape index (κ2) is 10.2. The SMILES string of the molecule is O=C(O)CC1CCCCNNNC(CC(=O)O)(CC(=O)O)CCC1. The minimum Gasteiger partial charge on any atom is -0.481 e. The van der Waals surface area contributed by atoms with Crippen LogP contribution in [0.2, 0.25) is 0 Å². The number of aliphatic carboxylic acids is 3. The molecule has 0 aromatic carbocycles. The fraction of sp³-hybridized carbons (Fsp3) is 0.800. The molecule has 1 atom stereocenters. The van der Waals surface area contributed by atoms with Crippen LogP contribution < -0.4 is 16.4 Å². The third-order valence-corrected chi connectivity index (χ3v) is 4.29. The van der Waals surface area contributed by atoms with Crippen molar-refractivity contribution >= 4 is 17.9 Å². The second-order valence-electron chi connectivity index (χ2n) is 6.45. The summed E-state index contributed by atoms with van der Waals surface area (Å²) in [5, 5.41) is 27.3. The van der Waals surface area contributed by atoms with Gasteiger partial charge in [0.1, 0.15) is 0 Å². The summed E-state index contributed by atoms with van der Waals surface area (Å²) in [5.74, 6) is -2.98. The van der Waals surface area contributed by atoms with Gasteiger partial charge in [0, 0.05) is 13.0 Å². The monoisotopic (exact) mass is 345 g/mol. The third-order valence-electron chi connectivity index (χ3n) is 4.29. The molecular weight excluding hydrogens is 318 g/mol. The van der Waals surface area contributed by atoms with Crippen molar-refractivity contribution in [1.82, 2.24) is 16.4 Å². The molecule has 0 radical (unpaired) electrons. The van der Waals surface area contributed by atoms with Gasteiger partial charge in [0.15, 0.2) is 0 Å². The molecule has 1 aliphatic rings. The van der Waals surface area contributed by atoms with Gasteiger partial charge < -0.3 is 15.3 Å². The lowest BCUT2D eigenvalue weighted by atomic mass is 9.83. The molecule has 0 spiro atoms. The third kappa shape index (κ3) is 8.23. The Kier molecular flexibility index (Phi) is 8.66. The zero-order valence-electron chi connectivity index (χ0n) is 13.7. The van der Waals surface area contributed by atoms with Crippen molar-refractivity contribution in [2.45, 2.75) is 63.3 Å². The molecule has 9 heteroatoms. The highest BCUT2D eigenvalue weighted by atomic mass is 16.4. The van der Waals surface area contributed by atoms with E-state index in [-0.39, 0.29) is 25.2 Å². The normalized spacial score (nSPS) is 22.8. The molecule has 0 saturated carbocycles. The number of nitrogens with one attached hydrogen (secondary N) is 3. The topological polar surface area (TPSA) is 148 Å². The largest absolute Gasteiger partial charge is 0.481 e. The van der Waals surface area contributed by atoms with E-state index in [1.807, 2.05) is 0 Å². The van der Waals surface area contributed by atoms with E-state index in [0.29, 0.717) is 25.8 Å². The number of hydrazine groups is 2. The molecule has 1 unspecified atom stereocenters. The Labute approximate surface area is 140 Å². The van der Waals surface area contributed by atoms with Gasteiger partial charge in [0.25, 0.3) is 0 Å². The fourth-order valence-corrected chi connectivity index (χ4v) is 3.18. The molecule has 138 valence electrons. The molecule has 1 heterocycles. The molecular formula is C15H27N3O6. The number of hydrogen-bond donors (Lipinski definition) is 6. The van der Waals surface area contributed by atoms with Crippen LogP contribution in [0.3, 0.4) is 0 Å². The Morgan fingerprint density at radius 1 is 0.917 bits per heavy atom. The van der Waals surface area contributed by atoms with E-state index in [9.17, 15) is 14.4 Å². The number of carboxylic acid groups (broad SMARTS) is 3. The second-order valence-corrected chi connectivity index (χ2v) is 6.45. The lowest BCUT2D eigenvalue weighted by Gasteiger charge is -2.33. The van der Waals surface area contributed by atoms with E-state index >= 15 is 0 Å². The van der Waals surface area contributed by atoms with Gasteiger partial charge in [-0.3, -0.25) is 14.4 Å². The van der Waals surface area contributed by atoms with Crippen molar-refractivity contribution in [3.8, 4) is 0 Å². The zero-order valence-corrected chi connectivity index (χ0v) is 13.7. The van der Waals surface area contributed by atoms with Gasteiger partial charge in [-0.25, -0.2) is 10.9 Å². The molecule has 6 N–H and O–H groups in total. The molecule has 1 rings (SSSR count). The number of hydrogen-bond acceptors (Lipinski definition) is 6. The molecule has 1 saturated heterocycles. The highest BCUT2D eigenvalue weighted by molar-refractivity contribution is 5.73. The first-order chi connectivity index (χ1) is 11.3. The Morgan fingerprint density at radius 2 is 1.54 bits per heavy atom. The van der Waals surface area contributed by atoms with Crippen LogP contribution >= 0.6 is 0 Å². The van der Waals surface area contributed by atoms with E-state index in [2.05, 4.69) is 16.4 Å². The van der Waals surface area contributed by atoms with Crippen molar-refractivity contribution in [2.75, 3.05) is 6.54 Å². The fourth-order valence-electron chi connectivity index (χ4n) is 3.18. The standard InChI is InChI=1S/C15H27N3O6/c19-12(20)8-11-4-1-2-7-16-18-17-15(6-3-5-11,9-13(21)22)10-14(23)24/h11,16-18H,1-10H2,(H,19,20)(H,21,22)(H,23,24). The maximum absolute atomic E-state index is 11.2. The molecule has 24 heavy (non-hydrogen) atoms. The Bertz CT molecular complexity index is 427. The summed E-state index contributed by atoms with van der Waals surface area (Å²) in [6, 6.07) is 0. The van der Waals surface area contributed by atoms with Crippen molar-refractivity contribution < 1.29 is 29.7 Å². The number of carbonyl (C=O) groups is 3. The van der Waals surface area contributed by atoms with Crippen LogP contribution in [0, 0.1) is 5.92 Å². The van der Waals surface area contributed by atoms with Crippen LogP contribution in [0.25, 0.3) is 0 Å². The van der Waals surface area contributed by atoms with Crippen LogP contribution in [0.5, 0.6) is 0 Å². The van der Waals surface area contributed by atoms with Crippen molar-refractivity contribution in [3.63, 3.8) is 0 Å². The van der Waals surface area contributed by atoms with Crippen LogP contribution in [0.1, 0.15) is 57.8 Å². The van der Waals surface area contributed by atoms with Crippen LogP contribution in [0.4, 0.5) is 0 Å². The summed E-state index contributed by atoms with van der Waals surface area (Å²) in [5.41, 5.74) is 7.33. The van der Waals surface area contributed by atoms with Crippen molar-refractivity contribution in [3.05, 3.63) is 0 Å². The van der Waals surface area contributed by atoms with Crippen molar-refractivity contribution in [2.24, 2.45) is 5.92 Å². The van der Waals surface area contributed by atoms with Gasteiger partial charge in [0.2, 0.25) is 0 Å². The van der Waals surface area contributed by atoms with Gasteiger partial charge in [-0.2, -0.15) is 5.53 Å². The molecule has 1 aliphatic heterocycles. The highest BCUT2D eigenvalue weighted by Gasteiger charge is 2.35. The summed E-state index contributed by atoms with van der Waals surface area (Å²) in [7, 11) is 0. The Morgan fingerprint density at radius 3 is 2.12 bits per heavy atom. The van der Waals surface area contributed by atoms with Crippen LogP contribution in [-0.4, -0.2) is 45.3 Å². The Balaban J connectivity index is 2.82. The summed E-state index contributed by atoms with van der Waals surface area (Å²) in [6.07, 6.45) is 3.50. The van der Waals surface area contributed by atoms with E-state index in [1.54, 1.807) is 0 Å². The smallest absolute Gasteiger partial charge is 0.305 e. The Hall–Kier alpha value is -1.71. The molecule has 0 aromatic heterocycles. The van der Waals surface area contributed by atoms with Crippen LogP contribution in [-0.2, 0) is 14.4 Å². The lowest BCUT2D eigenvalue weighted by molar-refractivity contribution is -0.142. The summed E-state index contributed by atoms with van der Waals surface area (Å²) in [4.78, 5) is 33.3. The number of carboxylic acids is 3. The first kappa shape index (κ1) is 20.3. The lowest BCUT2D eigenvalue weighted by Crippen LogP contribution is -2.58. The predicted octanol–water partition coefficient (Wildman–Crippen LogP) is 0.719. The van der Waals surface area contributed by atoms with Gasteiger partial charge in [-0.05, 0) is 31.6 Å². The highest BCUT2D eigenvalue weighted by Crippen LogP contribution is 2.27. The maximum atomic E-state index is 11.2. The number of rotatable bonds is 6. The van der Waals surface area contributed by atoms with Gasteiger partial charge in [0.05, 0.1) is 18.4 Å². The molecule has 0 aromatic rings. The van der Waals surface area contributed by atoms with Crippen LogP contribution in [0.15, 0.2) is 0 Å². The van der Waals surface area contributed by atoms with Gasteiger partial charge in [-0.1, -0.05) is 12.8 Å². The molecule has 0 aliphatic carbocycles.